The fourth-order valence-electron chi connectivity index (χ4n) is 2.04. The van der Waals surface area contributed by atoms with E-state index in [0.29, 0.717) is 0 Å². The highest BCUT2D eigenvalue weighted by atomic mass is 16.3. The zero-order chi connectivity index (χ0) is 11.3. The summed E-state index contributed by atoms with van der Waals surface area (Å²) in [4.78, 5) is 2.41. The van der Waals surface area contributed by atoms with Gasteiger partial charge in [0.25, 0.3) is 0 Å². The van der Waals surface area contributed by atoms with Crippen LogP contribution in [0.2, 0.25) is 0 Å². The van der Waals surface area contributed by atoms with Gasteiger partial charge in [-0.3, -0.25) is 0 Å². The summed E-state index contributed by atoms with van der Waals surface area (Å²) in [6.45, 7) is 7.42. The van der Waals surface area contributed by atoms with E-state index < -0.39 is 0 Å². The van der Waals surface area contributed by atoms with Crippen molar-refractivity contribution in [1.82, 2.24) is 10.2 Å². The Labute approximate surface area is 93.9 Å². The summed E-state index contributed by atoms with van der Waals surface area (Å²) in [7, 11) is 2.20. The molecule has 1 aliphatic rings. The standard InChI is InChI=1S/C12H26N2O/c1-10(11(2)15)13-7-4-12-5-8-14(3)9-6-12/h10-13,15H,4-9H2,1-3H3. The summed E-state index contributed by atoms with van der Waals surface area (Å²) >= 11 is 0. The van der Waals surface area contributed by atoms with Crippen LogP contribution >= 0.6 is 0 Å². The molecule has 1 saturated heterocycles. The number of hydrogen-bond acceptors (Lipinski definition) is 3. The minimum atomic E-state index is -0.248. The minimum absolute atomic E-state index is 0.219. The van der Waals surface area contributed by atoms with Gasteiger partial charge >= 0.3 is 0 Å². The number of aliphatic hydroxyl groups excluding tert-OH is 1. The Morgan fingerprint density at radius 3 is 2.47 bits per heavy atom. The van der Waals surface area contributed by atoms with Gasteiger partial charge in [-0.15, -0.1) is 0 Å². The average molecular weight is 214 g/mol. The molecule has 0 spiro atoms. The van der Waals surface area contributed by atoms with Gasteiger partial charge in [0.15, 0.2) is 0 Å². The maximum atomic E-state index is 9.32. The van der Waals surface area contributed by atoms with Gasteiger partial charge < -0.3 is 15.3 Å². The molecule has 0 saturated carbocycles. The molecule has 0 aromatic heterocycles. The number of piperidine rings is 1. The first kappa shape index (κ1) is 12.9. The van der Waals surface area contributed by atoms with E-state index in [0.717, 1.165) is 12.5 Å². The van der Waals surface area contributed by atoms with Crippen LogP contribution < -0.4 is 5.32 Å². The number of nitrogens with zero attached hydrogens (tertiary/aromatic N) is 1. The van der Waals surface area contributed by atoms with Crippen molar-refractivity contribution in [3.8, 4) is 0 Å². The molecule has 3 nitrogen and oxygen atoms in total. The van der Waals surface area contributed by atoms with Crippen LogP contribution in [0.3, 0.4) is 0 Å². The van der Waals surface area contributed by atoms with Crippen molar-refractivity contribution in [3.05, 3.63) is 0 Å². The first-order valence-electron chi connectivity index (χ1n) is 6.19. The maximum absolute atomic E-state index is 9.32. The second kappa shape index (κ2) is 6.46. The second-order valence-electron chi connectivity index (χ2n) is 5.02. The topological polar surface area (TPSA) is 35.5 Å². The highest BCUT2D eigenvalue weighted by Crippen LogP contribution is 2.18. The van der Waals surface area contributed by atoms with Crippen molar-refractivity contribution in [2.24, 2.45) is 5.92 Å². The van der Waals surface area contributed by atoms with Crippen molar-refractivity contribution in [3.63, 3.8) is 0 Å². The van der Waals surface area contributed by atoms with Crippen LogP contribution in [0.15, 0.2) is 0 Å². The SMILES string of the molecule is CC(O)C(C)NCCC1CCN(C)CC1. The maximum Gasteiger partial charge on any atom is 0.0662 e. The van der Waals surface area contributed by atoms with Crippen molar-refractivity contribution < 1.29 is 5.11 Å². The third-order valence-electron chi connectivity index (χ3n) is 3.58. The zero-order valence-electron chi connectivity index (χ0n) is 10.4. The normalized spacial score (nSPS) is 24.0. The molecule has 1 rings (SSSR count). The Kier molecular flexibility index (Phi) is 5.58. The van der Waals surface area contributed by atoms with Crippen molar-refractivity contribution in [1.29, 1.82) is 0 Å². The van der Waals surface area contributed by atoms with Crippen LogP contribution in [0.25, 0.3) is 0 Å². The monoisotopic (exact) mass is 214 g/mol. The number of rotatable bonds is 5. The molecule has 1 aliphatic heterocycles. The lowest BCUT2D eigenvalue weighted by Gasteiger charge is -2.29. The highest BCUT2D eigenvalue weighted by molar-refractivity contribution is 4.72. The lowest BCUT2D eigenvalue weighted by atomic mass is 9.94. The molecule has 0 amide bonds. The van der Waals surface area contributed by atoms with Gasteiger partial charge in [-0.1, -0.05) is 0 Å². The predicted molar refractivity (Wildman–Crippen MR) is 64.0 cm³/mol. The van der Waals surface area contributed by atoms with E-state index in [1.165, 1.54) is 32.4 Å². The van der Waals surface area contributed by atoms with Crippen LogP contribution in [-0.2, 0) is 0 Å². The van der Waals surface area contributed by atoms with Crippen LogP contribution in [-0.4, -0.2) is 48.8 Å². The summed E-state index contributed by atoms with van der Waals surface area (Å²) in [5.41, 5.74) is 0. The molecular weight excluding hydrogens is 188 g/mol. The molecule has 90 valence electrons. The van der Waals surface area contributed by atoms with E-state index in [9.17, 15) is 5.11 Å². The Hall–Kier alpha value is -0.120. The van der Waals surface area contributed by atoms with Gasteiger partial charge in [-0.05, 0) is 65.7 Å². The summed E-state index contributed by atoms with van der Waals surface area (Å²) in [5, 5.41) is 12.7. The van der Waals surface area contributed by atoms with E-state index in [-0.39, 0.29) is 12.1 Å². The van der Waals surface area contributed by atoms with Crippen LogP contribution in [0.1, 0.15) is 33.1 Å². The van der Waals surface area contributed by atoms with Gasteiger partial charge in [-0.25, -0.2) is 0 Å². The first-order valence-corrected chi connectivity index (χ1v) is 6.19. The van der Waals surface area contributed by atoms with Crippen LogP contribution in [0.5, 0.6) is 0 Å². The van der Waals surface area contributed by atoms with Gasteiger partial charge in [0.05, 0.1) is 6.10 Å². The largest absolute Gasteiger partial charge is 0.392 e. The van der Waals surface area contributed by atoms with Crippen LogP contribution in [0.4, 0.5) is 0 Å². The van der Waals surface area contributed by atoms with E-state index in [1.54, 1.807) is 0 Å². The van der Waals surface area contributed by atoms with E-state index >= 15 is 0 Å². The quantitative estimate of drug-likeness (QED) is 0.719. The van der Waals surface area contributed by atoms with Gasteiger partial charge in [0.2, 0.25) is 0 Å². The van der Waals surface area contributed by atoms with Gasteiger partial charge in [0.1, 0.15) is 0 Å². The summed E-state index contributed by atoms with van der Waals surface area (Å²) in [6, 6.07) is 0.219. The number of nitrogens with one attached hydrogen (secondary N) is 1. The molecule has 0 aromatic rings. The Bertz CT molecular complexity index is 165. The van der Waals surface area contributed by atoms with Crippen molar-refractivity contribution >= 4 is 0 Å². The lowest BCUT2D eigenvalue weighted by Crippen LogP contribution is -2.37. The molecule has 0 bridgehead atoms. The lowest BCUT2D eigenvalue weighted by molar-refractivity contribution is 0.149. The fraction of sp³-hybridized carbons (Fsp3) is 1.00. The first-order chi connectivity index (χ1) is 7.09. The molecule has 0 aromatic carbocycles. The number of likely N-dealkylation sites (tertiary alicyclic amines) is 1. The Morgan fingerprint density at radius 1 is 1.33 bits per heavy atom. The third kappa shape index (κ3) is 4.96. The second-order valence-corrected chi connectivity index (χ2v) is 5.02. The molecule has 1 fully saturated rings. The molecule has 0 radical (unpaired) electrons. The van der Waals surface area contributed by atoms with E-state index in [2.05, 4.69) is 17.3 Å². The van der Waals surface area contributed by atoms with Crippen molar-refractivity contribution in [2.45, 2.75) is 45.3 Å². The summed E-state index contributed by atoms with van der Waals surface area (Å²) in [5.74, 6) is 0.884. The van der Waals surface area contributed by atoms with E-state index in [1.807, 2.05) is 13.8 Å². The summed E-state index contributed by atoms with van der Waals surface area (Å²) in [6.07, 6.45) is 3.68. The highest BCUT2D eigenvalue weighted by Gasteiger charge is 2.16. The Balaban J connectivity index is 2.05. The molecule has 2 N–H and O–H groups in total. The van der Waals surface area contributed by atoms with Crippen LogP contribution in [0, 0.1) is 5.92 Å². The molecule has 0 aliphatic carbocycles. The molecule has 3 heteroatoms. The molecule has 2 unspecified atom stereocenters. The minimum Gasteiger partial charge on any atom is -0.392 e. The van der Waals surface area contributed by atoms with Gasteiger partial charge in [-0.2, -0.15) is 0 Å². The molecule has 2 atom stereocenters. The van der Waals surface area contributed by atoms with Gasteiger partial charge in [0, 0.05) is 6.04 Å². The summed E-state index contributed by atoms with van der Waals surface area (Å²) < 4.78 is 0. The molecule has 1 heterocycles. The Morgan fingerprint density at radius 2 is 1.93 bits per heavy atom. The molecular formula is C12H26N2O. The predicted octanol–water partition coefficient (Wildman–Crippen LogP) is 1.08. The van der Waals surface area contributed by atoms with Crippen molar-refractivity contribution in [2.75, 3.05) is 26.7 Å². The third-order valence-corrected chi connectivity index (χ3v) is 3.58. The number of hydrogen-bond donors (Lipinski definition) is 2. The molecule has 15 heavy (non-hydrogen) atoms. The zero-order valence-corrected chi connectivity index (χ0v) is 10.4. The fourth-order valence-corrected chi connectivity index (χ4v) is 2.04. The van der Waals surface area contributed by atoms with E-state index in [4.69, 9.17) is 0 Å². The number of aliphatic hydroxyl groups is 1. The average Bonchev–Trinajstić information content (AvgIpc) is 2.20. The smallest absolute Gasteiger partial charge is 0.0662 e.